The zero-order valence-corrected chi connectivity index (χ0v) is 43.7. The molecule has 0 unspecified atom stereocenters. The summed E-state index contributed by atoms with van der Waals surface area (Å²) >= 11 is 4.71. The van der Waals surface area contributed by atoms with E-state index in [1.165, 1.54) is 22.7 Å². The number of carboxylic acids is 1. The number of aryl methyl sites for hydroxylation is 4. The summed E-state index contributed by atoms with van der Waals surface area (Å²) in [5.74, 6) is 3.47. The number of ether oxygens (including phenoxy) is 2. The quantitative estimate of drug-likeness (QED) is 0.0200. The van der Waals surface area contributed by atoms with Crippen LogP contribution < -0.4 is 16.6 Å². The molecule has 0 aliphatic carbocycles. The maximum atomic E-state index is 12.0. The van der Waals surface area contributed by atoms with Crippen LogP contribution in [-0.2, 0) is 93.6 Å². The van der Waals surface area contributed by atoms with Gasteiger partial charge < -0.3 is 19.9 Å². The van der Waals surface area contributed by atoms with Crippen LogP contribution in [0.15, 0.2) is 59.3 Å². The van der Waals surface area contributed by atoms with Gasteiger partial charge in [0.05, 0.1) is 24.2 Å². The van der Waals surface area contributed by atoms with Gasteiger partial charge in [0.25, 0.3) is 0 Å². The molecule has 0 saturated carbocycles. The third-order valence-corrected chi connectivity index (χ3v) is 13.6. The van der Waals surface area contributed by atoms with Crippen molar-refractivity contribution in [2.24, 2.45) is 5.84 Å². The molecule has 65 heavy (non-hydrogen) atoms. The topological polar surface area (TPSA) is 251 Å². The molecule has 0 bridgehead atoms. The van der Waals surface area contributed by atoms with E-state index in [0.717, 1.165) is 59.3 Å². The van der Waals surface area contributed by atoms with Gasteiger partial charge in [0.2, 0.25) is 5.91 Å². The van der Waals surface area contributed by atoms with E-state index in [9.17, 15) is 36.0 Å². The Balaban J connectivity index is 0.000000543. The van der Waals surface area contributed by atoms with E-state index >= 15 is 0 Å². The predicted octanol–water partition coefficient (Wildman–Crippen LogP) is 6.79. The molecule has 0 atom stereocenters. The maximum Gasteiger partial charge on any atom is 0.421 e. The number of carboxylic acid groups (broad SMARTS) is 1. The summed E-state index contributed by atoms with van der Waals surface area (Å²) in [6.45, 7) is 13.8. The first-order chi connectivity index (χ1) is 30.7. The number of aromatic nitrogens is 2. The normalized spacial score (nSPS) is 11.5. The van der Waals surface area contributed by atoms with Crippen molar-refractivity contribution in [3.63, 3.8) is 0 Å². The first-order valence-corrected chi connectivity index (χ1v) is 27.3. The van der Waals surface area contributed by atoms with E-state index in [-0.39, 0.29) is 48.3 Å². The molecule has 2 aromatic heterocycles. The fourth-order valence-corrected chi connectivity index (χ4v) is 9.25. The molecule has 0 spiro atoms. The number of amides is 2. The highest BCUT2D eigenvalue weighted by atomic mass is 127. The highest BCUT2D eigenvalue weighted by molar-refractivity contribution is 14.1. The minimum atomic E-state index is -3.07. The Morgan fingerprint density at radius 1 is 0.708 bits per heavy atom. The molecule has 362 valence electrons. The Bertz CT molecular complexity index is 2330. The van der Waals surface area contributed by atoms with E-state index in [1.54, 1.807) is 55.4 Å². The minimum absolute atomic E-state index is 0.00114. The van der Waals surface area contributed by atoms with Gasteiger partial charge in [0.1, 0.15) is 39.3 Å². The molecule has 4 rings (SSSR count). The Morgan fingerprint density at radius 2 is 1.09 bits per heavy atom. The fourth-order valence-electron chi connectivity index (χ4n) is 5.11. The van der Waals surface area contributed by atoms with Crippen LogP contribution in [0, 0.1) is 0 Å². The number of hydrogen-bond donors (Lipinski definition) is 4. The van der Waals surface area contributed by atoms with Crippen LogP contribution in [0.1, 0.15) is 100 Å². The summed E-state index contributed by atoms with van der Waals surface area (Å²) in [4.78, 5) is 54.0. The van der Waals surface area contributed by atoms with Crippen LogP contribution in [0.25, 0.3) is 0 Å². The molecule has 0 aliphatic heterocycles. The fraction of sp³-hybridized carbons (Fsp3) is 0.500. The Labute approximate surface area is 407 Å². The number of halogens is 1. The summed E-state index contributed by atoms with van der Waals surface area (Å²) < 4.78 is 62.7. The van der Waals surface area contributed by atoms with Gasteiger partial charge in [0, 0.05) is 23.6 Å². The van der Waals surface area contributed by atoms with Crippen LogP contribution in [0.3, 0.4) is 0 Å². The van der Waals surface area contributed by atoms with Crippen molar-refractivity contribution < 1.29 is 52.0 Å². The second-order valence-corrected chi connectivity index (χ2v) is 22.8. The highest BCUT2D eigenvalue weighted by Gasteiger charge is 2.18. The van der Waals surface area contributed by atoms with Crippen LogP contribution in [-0.4, -0.2) is 90.0 Å². The number of nitrogens with one attached hydrogen (secondary N) is 2. The van der Waals surface area contributed by atoms with Crippen LogP contribution in [0.5, 0.6) is 0 Å². The van der Waals surface area contributed by atoms with Crippen molar-refractivity contribution in [2.45, 2.75) is 117 Å². The number of aliphatic carboxylic acids is 1. The molecule has 2 aromatic carbocycles. The number of rotatable bonds is 18. The van der Waals surface area contributed by atoms with Gasteiger partial charge in [-0.15, -0.1) is 22.7 Å². The van der Waals surface area contributed by atoms with E-state index in [2.05, 4.69) is 15.3 Å². The molecule has 16 nitrogen and oxygen atoms in total. The number of alkyl halides is 1. The molecule has 2 amide bonds. The third-order valence-electron chi connectivity index (χ3n) is 8.24. The van der Waals surface area contributed by atoms with Gasteiger partial charge in [-0.3, -0.25) is 19.8 Å². The molecule has 4 aromatic rings. The number of thiazole rings is 2. The summed E-state index contributed by atoms with van der Waals surface area (Å²) in [5, 5.41) is 16.4. The van der Waals surface area contributed by atoms with Crippen molar-refractivity contribution in [3.8, 4) is 0 Å². The van der Waals surface area contributed by atoms with Crippen LogP contribution in [0.2, 0.25) is 0 Å². The zero-order valence-electron chi connectivity index (χ0n) is 39.3. The van der Waals surface area contributed by atoms with Gasteiger partial charge >= 0.3 is 18.0 Å². The molecular formula is C44H64IN5O11S4. The molecule has 21 heteroatoms. The monoisotopic (exact) mass is 1090 g/mol. The number of carbonyl (C=O) groups is 4. The second-order valence-electron chi connectivity index (χ2n) is 16.2. The number of hydrazine groups is 1. The first-order valence-electron chi connectivity index (χ1n) is 21.1. The lowest BCUT2D eigenvalue weighted by atomic mass is 10.0. The Hall–Kier alpha value is -4.03. The van der Waals surface area contributed by atoms with Crippen molar-refractivity contribution >= 4 is 88.9 Å². The van der Waals surface area contributed by atoms with Gasteiger partial charge in [0.15, 0.2) is 19.7 Å². The summed E-state index contributed by atoms with van der Waals surface area (Å²) in [5.41, 5.74) is 6.44. The molecule has 0 saturated heterocycles. The summed E-state index contributed by atoms with van der Waals surface area (Å²) in [6, 6.07) is 15.2. The first kappa shape index (κ1) is 57.1. The van der Waals surface area contributed by atoms with Gasteiger partial charge in [-0.25, -0.2) is 37.4 Å². The SMILES string of the molecule is CC(C)(C)OC(=O)NN.CCS(=O)(=O)Cc1nc(CCc2ccc(CC(=O)NCC(=O)OC(C)(C)C)cc2)cs1.CCS(=O)(=O)Cc1nc(CCc2ccc(CC(=O)O)cc2)cs1.[2H]CI. The maximum absolute atomic E-state index is 12.0. The number of sulfone groups is 2. The average molecular weight is 1100 g/mol. The highest BCUT2D eigenvalue weighted by Crippen LogP contribution is 2.18. The minimum Gasteiger partial charge on any atom is -0.481 e. The average Bonchev–Trinajstić information content (AvgIpc) is 3.87. The molecule has 5 N–H and O–H groups in total. The third kappa shape index (κ3) is 27.9. The number of esters is 1. The van der Waals surface area contributed by atoms with Crippen molar-refractivity contribution in [1.82, 2.24) is 20.7 Å². The van der Waals surface area contributed by atoms with E-state index in [4.69, 9.17) is 21.8 Å². The van der Waals surface area contributed by atoms with Gasteiger partial charge in [-0.1, -0.05) is 85.0 Å². The van der Waals surface area contributed by atoms with E-state index in [0.29, 0.717) is 14.9 Å². The number of nitrogens with two attached hydrogens (primary N) is 1. The number of nitrogens with zero attached hydrogens (tertiary/aromatic N) is 2. The van der Waals surface area contributed by atoms with Crippen molar-refractivity contribution in [2.75, 3.05) is 23.0 Å². The van der Waals surface area contributed by atoms with E-state index < -0.39 is 48.9 Å². The van der Waals surface area contributed by atoms with Crippen molar-refractivity contribution in [1.29, 1.82) is 0 Å². The summed E-state index contributed by atoms with van der Waals surface area (Å²) in [6.07, 6.45) is 2.62. The Kier molecular flexibility index (Phi) is 25.4. The largest absolute Gasteiger partial charge is 0.481 e. The molecular weight excluding hydrogens is 1030 g/mol. The Morgan fingerprint density at radius 3 is 1.43 bits per heavy atom. The molecule has 0 radical (unpaired) electrons. The number of carbonyl (C=O) groups excluding carboxylic acids is 3. The number of hydrogen-bond acceptors (Lipinski definition) is 15. The molecule has 0 fully saturated rings. The van der Waals surface area contributed by atoms with E-state index in [1.807, 2.05) is 87.3 Å². The predicted molar refractivity (Wildman–Crippen MR) is 266 cm³/mol. The van der Waals surface area contributed by atoms with Crippen molar-refractivity contribution in [3.05, 3.63) is 103 Å². The lowest BCUT2D eigenvalue weighted by Crippen LogP contribution is -2.36. The standard InChI is InChI=1S/C22H30N2O5S2.C16H19NO4S2.C5H12N2O2.CH3I/c1-5-31(27,28)15-20-24-18(14-30-20)11-10-16-6-8-17(9-7-16)12-19(25)23-13-21(26)29-22(2,3)4;1-2-23(20,21)11-15-17-14(10-22-15)8-7-12-3-5-13(6-4-12)9-16(18)19;1-5(2,3)9-4(8)7-6;1-2/h6-9,14H,5,10-13,15H2,1-4H3,(H,23,25);3-6,10H,2,7-9,11H2,1H3,(H,18,19);6H2,1-3H3,(H,7,8);1H3/i;;;1D. The van der Waals surface area contributed by atoms with Crippen LogP contribution >= 0.6 is 45.3 Å². The molecule has 0 aliphatic rings. The second kappa shape index (κ2) is 28.9. The molecule has 2 heterocycles. The van der Waals surface area contributed by atoms with Crippen LogP contribution in [0.4, 0.5) is 4.79 Å². The van der Waals surface area contributed by atoms with Gasteiger partial charge in [-0.05, 0) is 94.4 Å². The summed E-state index contributed by atoms with van der Waals surface area (Å²) in [7, 11) is -6.11. The van der Waals surface area contributed by atoms with Gasteiger partial charge in [-0.2, -0.15) is 0 Å². The zero-order chi connectivity index (χ0) is 50.1. The number of benzene rings is 2. The smallest absolute Gasteiger partial charge is 0.421 e. The lowest BCUT2D eigenvalue weighted by molar-refractivity contribution is -0.154. The lowest BCUT2D eigenvalue weighted by Gasteiger charge is -2.19.